The Bertz CT molecular complexity index is 830. The van der Waals surface area contributed by atoms with Crippen LogP contribution in [0.4, 0.5) is 0 Å². The van der Waals surface area contributed by atoms with Crippen molar-refractivity contribution in [2.45, 2.75) is 44.2 Å². The van der Waals surface area contributed by atoms with Crippen LogP contribution in [0.5, 0.6) is 0 Å². The molecule has 160 valence electrons. The van der Waals surface area contributed by atoms with Gasteiger partial charge in [0.1, 0.15) is 31.0 Å². The molecule has 8 nitrogen and oxygen atoms in total. The quantitative estimate of drug-likeness (QED) is 0.578. The highest BCUT2D eigenvalue weighted by molar-refractivity contribution is 5.89. The summed E-state index contributed by atoms with van der Waals surface area (Å²) in [5.41, 5.74) is 1.22. The number of esters is 1. The summed E-state index contributed by atoms with van der Waals surface area (Å²) < 4.78 is 16.5. The standard InChI is InChI=1S/C22H25NO7/c1-14(24)23-18-20(28-12-15-8-4-2-5-9-15)19(25)17(30-22(18)27)13-29-21(26)16-10-6-3-7-11-16/h2-11,17-20,22,25,27H,12-13H2,1H3,(H,23,24)/t17-,18-,19-,20-,22+/m1/s1. The third-order valence-corrected chi connectivity index (χ3v) is 4.74. The SMILES string of the molecule is CC(=O)N[C@@H]1[C@@H](OCc2ccccc2)[C@H](O)[C@@H](COC(=O)c2ccccc2)O[C@@H]1O. The van der Waals surface area contributed by atoms with Crippen molar-refractivity contribution >= 4 is 11.9 Å². The number of hydrogen-bond donors (Lipinski definition) is 3. The van der Waals surface area contributed by atoms with Crippen molar-refractivity contribution in [1.29, 1.82) is 0 Å². The first-order chi connectivity index (χ1) is 14.5. The van der Waals surface area contributed by atoms with E-state index in [0.717, 1.165) is 5.56 Å². The largest absolute Gasteiger partial charge is 0.459 e. The molecule has 0 aromatic heterocycles. The molecule has 1 saturated heterocycles. The number of aliphatic hydroxyl groups excluding tert-OH is 2. The minimum Gasteiger partial charge on any atom is -0.459 e. The molecular weight excluding hydrogens is 390 g/mol. The molecule has 8 heteroatoms. The lowest BCUT2D eigenvalue weighted by atomic mass is 9.96. The highest BCUT2D eigenvalue weighted by Crippen LogP contribution is 2.24. The van der Waals surface area contributed by atoms with Crippen LogP contribution in [0.25, 0.3) is 0 Å². The van der Waals surface area contributed by atoms with Crippen molar-refractivity contribution in [3.63, 3.8) is 0 Å². The van der Waals surface area contributed by atoms with Crippen LogP contribution in [0.15, 0.2) is 60.7 Å². The molecule has 0 bridgehead atoms. The Balaban J connectivity index is 1.68. The molecule has 1 fully saturated rings. The number of carbonyl (C=O) groups excluding carboxylic acids is 2. The third-order valence-electron chi connectivity index (χ3n) is 4.74. The van der Waals surface area contributed by atoms with E-state index in [-0.39, 0.29) is 13.2 Å². The van der Waals surface area contributed by atoms with E-state index < -0.39 is 42.5 Å². The second-order valence-electron chi connectivity index (χ2n) is 7.01. The van der Waals surface area contributed by atoms with E-state index in [2.05, 4.69) is 5.32 Å². The highest BCUT2D eigenvalue weighted by atomic mass is 16.6. The average molecular weight is 415 g/mol. The van der Waals surface area contributed by atoms with Crippen molar-refractivity contribution in [1.82, 2.24) is 5.32 Å². The molecule has 0 unspecified atom stereocenters. The Morgan fingerprint density at radius 1 is 1.03 bits per heavy atom. The predicted octanol–water partition coefficient (Wildman–Crippen LogP) is 1.01. The van der Waals surface area contributed by atoms with Crippen molar-refractivity contribution in [3.8, 4) is 0 Å². The molecule has 3 rings (SSSR count). The van der Waals surface area contributed by atoms with Crippen molar-refractivity contribution < 1.29 is 34.0 Å². The molecule has 0 radical (unpaired) electrons. The second-order valence-corrected chi connectivity index (χ2v) is 7.01. The number of rotatable bonds is 7. The summed E-state index contributed by atoms with van der Waals surface area (Å²) in [5, 5.41) is 23.7. The molecule has 3 N–H and O–H groups in total. The van der Waals surface area contributed by atoms with Crippen LogP contribution in [0, 0.1) is 0 Å². The van der Waals surface area contributed by atoms with Gasteiger partial charge in [0.2, 0.25) is 5.91 Å². The molecule has 2 aromatic rings. The van der Waals surface area contributed by atoms with Crippen molar-refractivity contribution in [3.05, 3.63) is 71.8 Å². The highest BCUT2D eigenvalue weighted by Gasteiger charge is 2.46. The van der Waals surface area contributed by atoms with E-state index >= 15 is 0 Å². The lowest BCUT2D eigenvalue weighted by Crippen LogP contribution is -2.64. The van der Waals surface area contributed by atoms with Gasteiger partial charge in [-0.1, -0.05) is 48.5 Å². The van der Waals surface area contributed by atoms with Crippen LogP contribution >= 0.6 is 0 Å². The molecule has 5 atom stereocenters. The fourth-order valence-corrected chi connectivity index (χ4v) is 3.24. The van der Waals surface area contributed by atoms with E-state index in [4.69, 9.17) is 14.2 Å². The Kier molecular flexibility index (Phi) is 7.53. The summed E-state index contributed by atoms with van der Waals surface area (Å²) in [7, 11) is 0. The summed E-state index contributed by atoms with van der Waals surface area (Å²) in [5.74, 6) is -0.983. The molecule has 0 saturated carbocycles. The van der Waals surface area contributed by atoms with Gasteiger partial charge in [0.05, 0.1) is 12.2 Å². The third kappa shape index (κ3) is 5.64. The lowest BCUT2D eigenvalue weighted by Gasteiger charge is -2.42. The van der Waals surface area contributed by atoms with Gasteiger partial charge >= 0.3 is 5.97 Å². The Morgan fingerprint density at radius 2 is 1.67 bits per heavy atom. The maximum absolute atomic E-state index is 12.2. The number of ether oxygens (including phenoxy) is 3. The Morgan fingerprint density at radius 3 is 2.30 bits per heavy atom. The Labute approximate surface area is 174 Å². The molecule has 1 aliphatic heterocycles. The normalized spacial score (nSPS) is 26.0. The summed E-state index contributed by atoms with van der Waals surface area (Å²) in [6.07, 6.45) is -4.70. The fourth-order valence-electron chi connectivity index (χ4n) is 3.24. The number of nitrogens with one attached hydrogen (secondary N) is 1. The van der Waals surface area contributed by atoms with E-state index in [1.165, 1.54) is 6.92 Å². The lowest BCUT2D eigenvalue weighted by molar-refractivity contribution is -0.263. The van der Waals surface area contributed by atoms with Crippen LogP contribution in [0.3, 0.4) is 0 Å². The monoisotopic (exact) mass is 415 g/mol. The molecule has 0 spiro atoms. The summed E-state index contributed by atoms with van der Waals surface area (Å²) >= 11 is 0. The van der Waals surface area contributed by atoms with Crippen molar-refractivity contribution in [2.24, 2.45) is 0 Å². The van der Waals surface area contributed by atoms with Crippen LogP contribution < -0.4 is 5.32 Å². The number of amides is 1. The zero-order valence-electron chi connectivity index (χ0n) is 16.5. The van der Waals surface area contributed by atoms with Crippen LogP contribution in [0.1, 0.15) is 22.8 Å². The first kappa shape index (κ1) is 21.9. The summed E-state index contributed by atoms with van der Waals surface area (Å²) in [4.78, 5) is 23.7. The van der Waals surface area contributed by atoms with E-state index in [1.807, 2.05) is 30.3 Å². The van der Waals surface area contributed by atoms with E-state index in [0.29, 0.717) is 5.56 Å². The van der Waals surface area contributed by atoms with Crippen LogP contribution in [0.2, 0.25) is 0 Å². The van der Waals surface area contributed by atoms with Gasteiger partial charge in [0.15, 0.2) is 6.29 Å². The topological polar surface area (TPSA) is 114 Å². The van der Waals surface area contributed by atoms with Gasteiger partial charge in [-0.3, -0.25) is 4.79 Å². The van der Waals surface area contributed by atoms with Gasteiger partial charge in [-0.25, -0.2) is 4.79 Å². The maximum Gasteiger partial charge on any atom is 0.338 e. The van der Waals surface area contributed by atoms with Gasteiger partial charge in [0, 0.05) is 6.92 Å². The second kappa shape index (κ2) is 10.3. The van der Waals surface area contributed by atoms with E-state index in [1.54, 1.807) is 30.3 Å². The zero-order valence-corrected chi connectivity index (χ0v) is 16.5. The summed E-state index contributed by atoms with van der Waals surface area (Å²) in [6, 6.07) is 16.7. The first-order valence-electron chi connectivity index (χ1n) is 9.62. The van der Waals surface area contributed by atoms with Gasteiger partial charge in [-0.2, -0.15) is 0 Å². The van der Waals surface area contributed by atoms with Crippen LogP contribution in [-0.4, -0.2) is 59.3 Å². The van der Waals surface area contributed by atoms with E-state index in [9.17, 15) is 19.8 Å². The van der Waals surface area contributed by atoms with Gasteiger partial charge < -0.3 is 29.7 Å². The first-order valence-corrected chi connectivity index (χ1v) is 9.62. The maximum atomic E-state index is 12.2. The molecular formula is C22H25NO7. The van der Waals surface area contributed by atoms with Gasteiger partial charge in [-0.15, -0.1) is 0 Å². The van der Waals surface area contributed by atoms with Gasteiger partial charge in [0.25, 0.3) is 0 Å². The molecule has 1 amide bonds. The van der Waals surface area contributed by atoms with Crippen LogP contribution in [-0.2, 0) is 25.6 Å². The molecule has 2 aromatic carbocycles. The number of aliphatic hydroxyl groups is 2. The summed E-state index contributed by atoms with van der Waals surface area (Å²) in [6.45, 7) is 1.16. The molecule has 1 heterocycles. The van der Waals surface area contributed by atoms with Gasteiger partial charge in [-0.05, 0) is 17.7 Å². The molecule has 1 aliphatic rings. The minimum absolute atomic E-state index is 0.155. The Hall–Kier alpha value is -2.78. The predicted molar refractivity (Wildman–Crippen MR) is 106 cm³/mol. The number of benzene rings is 2. The zero-order chi connectivity index (χ0) is 21.5. The fraction of sp³-hybridized carbons (Fsp3) is 0.364. The average Bonchev–Trinajstić information content (AvgIpc) is 2.75. The number of carbonyl (C=O) groups is 2. The molecule has 30 heavy (non-hydrogen) atoms. The minimum atomic E-state index is -1.45. The molecule has 0 aliphatic carbocycles. The number of hydrogen-bond acceptors (Lipinski definition) is 7. The van der Waals surface area contributed by atoms with Crippen molar-refractivity contribution in [2.75, 3.05) is 6.61 Å². The smallest absolute Gasteiger partial charge is 0.338 e.